The smallest absolute Gasteiger partial charge is 0.274 e. The van der Waals surface area contributed by atoms with Gasteiger partial charge in [-0.1, -0.05) is 0 Å². The summed E-state index contributed by atoms with van der Waals surface area (Å²) in [5.41, 5.74) is 1.32. The van der Waals surface area contributed by atoms with Gasteiger partial charge in [0.2, 0.25) is 10.0 Å². The average Bonchev–Trinajstić information content (AvgIpc) is 2.81. The predicted octanol–water partition coefficient (Wildman–Crippen LogP) is -0.00648. The van der Waals surface area contributed by atoms with Crippen molar-refractivity contribution in [2.24, 2.45) is 7.05 Å². The second kappa shape index (κ2) is 6.45. The van der Waals surface area contributed by atoms with Gasteiger partial charge < -0.3 is 9.64 Å². The number of rotatable bonds is 4. The van der Waals surface area contributed by atoms with E-state index in [-0.39, 0.29) is 18.0 Å². The van der Waals surface area contributed by atoms with Gasteiger partial charge in [-0.15, -0.1) is 0 Å². The molecule has 0 aromatic carbocycles. The number of sulfonamides is 1. The summed E-state index contributed by atoms with van der Waals surface area (Å²) < 4.78 is 33.0. The molecule has 3 rings (SSSR count). The van der Waals surface area contributed by atoms with Crippen molar-refractivity contribution < 1.29 is 17.9 Å². The Hall–Kier alpha value is -1.45. The van der Waals surface area contributed by atoms with Gasteiger partial charge in [-0.3, -0.25) is 9.48 Å². The second-order valence-electron chi connectivity index (χ2n) is 6.59. The molecule has 134 valence electrons. The van der Waals surface area contributed by atoms with Gasteiger partial charge in [-0.05, 0) is 25.8 Å². The lowest BCUT2D eigenvalue weighted by Crippen LogP contribution is -2.64. The third-order valence-electron chi connectivity index (χ3n) is 4.78. The van der Waals surface area contributed by atoms with Crippen molar-refractivity contribution in [3.05, 3.63) is 17.5 Å². The summed E-state index contributed by atoms with van der Waals surface area (Å²) in [5.74, 6) is -0.143. The Morgan fingerprint density at radius 3 is 2.42 bits per heavy atom. The largest absolute Gasteiger partial charge is 0.381 e. The van der Waals surface area contributed by atoms with Gasteiger partial charge in [-0.2, -0.15) is 9.40 Å². The Morgan fingerprint density at radius 2 is 1.92 bits per heavy atom. The molecular weight excluding hydrogens is 332 g/mol. The highest BCUT2D eigenvalue weighted by Crippen LogP contribution is 2.26. The Kier molecular flexibility index (Phi) is 4.67. The fourth-order valence-corrected chi connectivity index (χ4v) is 4.82. The van der Waals surface area contributed by atoms with Crippen molar-refractivity contribution in [3.63, 3.8) is 0 Å². The lowest BCUT2D eigenvalue weighted by molar-refractivity contribution is 0.0123. The molecule has 2 aliphatic rings. The highest BCUT2D eigenvalue weighted by molar-refractivity contribution is 7.88. The molecule has 0 aliphatic carbocycles. The quantitative estimate of drug-likeness (QED) is 0.758. The first kappa shape index (κ1) is 17.4. The minimum atomic E-state index is -3.32. The molecule has 3 heterocycles. The minimum absolute atomic E-state index is 0.0342. The zero-order chi connectivity index (χ0) is 17.5. The molecule has 0 unspecified atom stereocenters. The standard InChI is InChI=1S/C15H24N4O4S/c1-11-8-14(16-17(11)2)15(20)18-9-13(10-18)19(24(3,21)22)12-4-6-23-7-5-12/h8,12-13H,4-7,9-10H2,1-3H3. The molecule has 2 fully saturated rings. The van der Waals surface area contributed by atoms with Gasteiger partial charge in [0.1, 0.15) is 0 Å². The van der Waals surface area contributed by atoms with E-state index in [1.807, 2.05) is 6.92 Å². The molecule has 1 aromatic rings. The van der Waals surface area contributed by atoms with Crippen LogP contribution in [0, 0.1) is 6.92 Å². The molecular formula is C15H24N4O4S. The van der Waals surface area contributed by atoms with Crippen molar-refractivity contribution in [2.75, 3.05) is 32.6 Å². The van der Waals surface area contributed by atoms with Crippen LogP contribution in [-0.2, 0) is 21.8 Å². The Bertz CT molecular complexity index is 698. The van der Waals surface area contributed by atoms with Crippen LogP contribution in [0.25, 0.3) is 0 Å². The van der Waals surface area contributed by atoms with Crippen molar-refractivity contribution in [1.29, 1.82) is 0 Å². The number of aryl methyl sites for hydroxylation is 2. The fraction of sp³-hybridized carbons (Fsp3) is 0.733. The number of hydrogen-bond acceptors (Lipinski definition) is 5. The van der Waals surface area contributed by atoms with Gasteiger partial charge in [0.05, 0.1) is 12.3 Å². The number of aromatic nitrogens is 2. The summed E-state index contributed by atoms with van der Waals surface area (Å²) in [6.45, 7) is 3.88. The molecule has 2 aliphatic heterocycles. The topological polar surface area (TPSA) is 84.7 Å². The molecule has 0 bridgehead atoms. The highest BCUT2D eigenvalue weighted by Gasteiger charge is 2.43. The summed E-state index contributed by atoms with van der Waals surface area (Å²) in [7, 11) is -1.53. The van der Waals surface area contributed by atoms with Crippen molar-refractivity contribution in [3.8, 4) is 0 Å². The molecule has 0 N–H and O–H groups in total. The van der Waals surface area contributed by atoms with E-state index in [4.69, 9.17) is 4.74 Å². The summed E-state index contributed by atoms with van der Waals surface area (Å²) in [4.78, 5) is 14.1. The van der Waals surface area contributed by atoms with E-state index in [2.05, 4.69) is 5.10 Å². The maximum absolute atomic E-state index is 12.4. The fourth-order valence-electron chi connectivity index (χ4n) is 3.39. The van der Waals surface area contributed by atoms with Gasteiger partial charge in [-0.25, -0.2) is 8.42 Å². The highest BCUT2D eigenvalue weighted by atomic mass is 32.2. The van der Waals surface area contributed by atoms with E-state index in [1.165, 1.54) is 6.26 Å². The zero-order valence-corrected chi connectivity index (χ0v) is 15.1. The molecule has 9 heteroatoms. The number of carbonyl (C=O) groups excluding carboxylic acids is 1. The van der Waals surface area contributed by atoms with E-state index in [0.29, 0.717) is 44.8 Å². The first-order valence-corrected chi connectivity index (χ1v) is 9.98. The van der Waals surface area contributed by atoms with E-state index in [1.54, 1.807) is 27.0 Å². The molecule has 8 nitrogen and oxygen atoms in total. The number of ether oxygens (including phenoxy) is 1. The van der Waals surface area contributed by atoms with Crippen LogP contribution in [0.2, 0.25) is 0 Å². The van der Waals surface area contributed by atoms with Crippen LogP contribution in [0.1, 0.15) is 29.0 Å². The number of likely N-dealkylation sites (tertiary alicyclic amines) is 1. The molecule has 0 saturated carbocycles. The van der Waals surface area contributed by atoms with Crippen LogP contribution in [0.5, 0.6) is 0 Å². The molecule has 2 saturated heterocycles. The second-order valence-corrected chi connectivity index (χ2v) is 8.48. The van der Waals surface area contributed by atoms with Crippen molar-refractivity contribution in [1.82, 2.24) is 19.0 Å². The van der Waals surface area contributed by atoms with Gasteiger partial charge >= 0.3 is 0 Å². The number of amides is 1. The minimum Gasteiger partial charge on any atom is -0.381 e. The molecule has 0 spiro atoms. The normalized spacial score (nSPS) is 20.4. The van der Waals surface area contributed by atoms with Gasteiger partial charge in [0, 0.05) is 45.1 Å². The number of nitrogens with zero attached hydrogens (tertiary/aromatic N) is 4. The monoisotopic (exact) mass is 356 g/mol. The first-order chi connectivity index (χ1) is 11.3. The third-order valence-corrected chi connectivity index (χ3v) is 6.14. The van der Waals surface area contributed by atoms with Gasteiger partial charge in [0.25, 0.3) is 5.91 Å². The van der Waals surface area contributed by atoms with Crippen LogP contribution in [-0.4, -0.2) is 78.0 Å². The van der Waals surface area contributed by atoms with E-state index < -0.39 is 10.0 Å². The average molecular weight is 356 g/mol. The predicted molar refractivity (Wildman–Crippen MR) is 88.2 cm³/mol. The molecule has 0 atom stereocenters. The van der Waals surface area contributed by atoms with Crippen LogP contribution in [0.15, 0.2) is 6.07 Å². The van der Waals surface area contributed by atoms with Crippen LogP contribution < -0.4 is 0 Å². The Labute approximate surface area is 142 Å². The molecule has 0 radical (unpaired) electrons. The molecule has 1 aromatic heterocycles. The lowest BCUT2D eigenvalue weighted by Gasteiger charge is -2.47. The molecule has 1 amide bonds. The van der Waals surface area contributed by atoms with Crippen LogP contribution >= 0.6 is 0 Å². The third kappa shape index (κ3) is 3.33. The van der Waals surface area contributed by atoms with E-state index >= 15 is 0 Å². The van der Waals surface area contributed by atoms with E-state index in [9.17, 15) is 13.2 Å². The maximum atomic E-state index is 12.4. The lowest BCUT2D eigenvalue weighted by atomic mass is 10.0. The van der Waals surface area contributed by atoms with Crippen molar-refractivity contribution in [2.45, 2.75) is 31.8 Å². The number of carbonyl (C=O) groups is 1. The summed E-state index contributed by atoms with van der Waals surface area (Å²) in [6, 6.07) is 1.56. The summed E-state index contributed by atoms with van der Waals surface area (Å²) in [6.07, 6.45) is 2.66. The molecule has 24 heavy (non-hydrogen) atoms. The summed E-state index contributed by atoms with van der Waals surface area (Å²) >= 11 is 0. The van der Waals surface area contributed by atoms with Crippen LogP contribution in [0.3, 0.4) is 0 Å². The maximum Gasteiger partial charge on any atom is 0.274 e. The van der Waals surface area contributed by atoms with E-state index in [0.717, 1.165) is 5.69 Å². The van der Waals surface area contributed by atoms with Gasteiger partial charge in [0.15, 0.2) is 5.69 Å². The zero-order valence-electron chi connectivity index (χ0n) is 14.3. The first-order valence-electron chi connectivity index (χ1n) is 8.13. The van der Waals surface area contributed by atoms with Crippen LogP contribution in [0.4, 0.5) is 0 Å². The summed E-state index contributed by atoms with van der Waals surface area (Å²) in [5, 5.41) is 4.20. The Balaban J connectivity index is 1.67. The SMILES string of the molecule is Cc1cc(C(=O)N2CC(N(C3CCOCC3)S(C)(=O)=O)C2)nn1C. The Morgan fingerprint density at radius 1 is 1.29 bits per heavy atom. The number of hydrogen-bond donors (Lipinski definition) is 0. The van der Waals surface area contributed by atoms with Crippen molar-refractivity contribution >= 4 is 15.9 Å².